The highest BCUT2D eigenvalue weighted by Crippen LogP contribution is 2.34. The molecule has 0 radical (unpaired) electrons. The van der Waals surface area contributed by atoms with Gasteiger partial charge in [0.25, 0.3) is 5.91 Å². The molecule has 1 aromatic rings. The Hall–Kier alpha value is -1.92. The summed E-state index contributed by atoms with van der Waals surface area (Å²) in [6.45, 7) is 4.75. The van der Waals surface area contributed by atoms with Crippen molar-refractivity contribution in [2.45, 2.75) is 44.7 Å². The summed E-state index contributed by atoms with van der Waals surface area (Å²) in [5, 5.41) is 5.76. The van der Waals surface area contributed by atoms with Crippen LogP contribution < -0.4 is 10.6 Å². The number of hydrogen-bond donors (Lipinski definition) is 2. The van der Waals surface area contributed by atoms with E-state index in [2.05, 4.69) is 29.7 Å². The highest BCUT2D eigenvalue weighted by atomic mass is 35.5. The fourth-order valence-electron chi connectivity index (χ4n) is 4.33. The van der Waals surface area contributed by atoms with E-state index in [1.165, 1.54) is 5.56 Å². The van der Waals surface area contributed by atoms with Crippen LogP contribution in [0.2, 0.25) is 0 Å². The van der Waals surface area contributed by atoms with E-state index >= 15 is 0 Å². The van der Waals surface area contributed by atoms with Crippen LogP contribution in [0.4, 0.5) is 0 Å². The smallest absolute Gasteiger partial charge is 0.255 e. The molecule has 0 spiro atoms. The van der Waals surface area contributed by atoms with Crippen LogP contribution in [0.3, 0.4) is 0 Å². The quantitative estimate of drug-likeness (QED) is 0.767. The monoisotopic (exact) mass is 377 g/mol. The predicted molar refractivity (Wildman–Crippen MR) is 99.1 cm³/mol. The lowest BCUT2D eigenvalue weighted by atomic mass is 9.81. The van der Waals surface area contributed by atoms with Crippen LogP contribution in [-0.4, -0.2) is 41.8 Å². The number of benzene rings is 1. The van der Waals surface area contributed by atoms with Crippen molar-refractivity contribution in [1.29, 1.82) is 0 Å². The van der Waals surface area contributed by atoms with Crippen LogP contribution in [0.25, 0.3) is 0 Å². The Bertz CT molecular complexity index is 752. The van der Waals surface area contributed by atoms with Gasteiger partial charge in [0, 0.05) is 18.5 Å². The second kappa shape index (κ2) is 7.37. The highest BCUT2D eigenvalue weighted by molar-refractivity contribution is 6.05. The molecule has 6 nitrogen and oxygen atoms in total. The van der Waals surface area contributed by atoms with E-state index in [4.69, 9.17) is 0 Å². The number of amides is 3. The fourth-order valence-corrected chi connectivity index (χ4v) is 4.33. The first-order valence-corrected chi connectivity index (χ1v) is 9.03. The molecule has 1 aromatic carbocycles. The summed E-state index contributed by atoms with van der Waals surface area (Å²) in [6.07, 6.45) is 1.79. The van der Waals surface area contributed by atoms with Crippen molar-refractivity contribution in [3.8, 4) is 0 Å². The number of imide groups is 1. The first-order chi connectivity index (χ1) is 12.0. The second-order valence-electron chi connectivity index (χ2n) is 7.39. The molecule has 3 unspecified atom stereocenters. The minimum atomic E-state index is -0.543. The summed E-state index contributed by atoms with van der Waals surface area (Å²) in [7, 11) is 0. The SMILES string of the molecule is CC1CNCCC1c1ccc2c(c1)CN(C1CCC(=O)NC1=O)C2=O.Cl. The van der Waals surface area contributed by atoms with Crippen molar-refractivity contribution in [1.82, 2.24) is 15.5 Å². The zero-order valence-corrected chi connectivity index (χ0v) is 15.6. The average Bonchev–Trinajstić information content (AvgIpc) is 2.91. The van der Waals surface area contributed by atoms with Crippen LogP contribution >= 0.6 is 12.4 Å². The Balaban J connectivity index is 0.00000196. The van der Waals surface area contributed by atoms with E-state index < -0.39 is 6.04 Å². The first kappa shape index (κ1) is 18.9. The van der Waals surface area contributed by atoms with E-state index in [-0.39, 0.29) is 36.5 Å². The van der Waals surface area contributed by atoms with Gasteiger partial charge >= 0.3 is 0 Å². The number of nitrogens with one attached hydrogen (secondary N) is 2. The summed E-state index contributed by atoms with van der Waals surface area (Å²) in [4.78, 5) is 37.8. The van der Waals surface area contributed by atoms with Crippen LogP contribution in [0.1, 0.15) is 53.6 Å². The number of halogens is 1. The molecule has 7 heteroatoms. The number of rotatable bonds is 2. The van der Waals surface area contributed by atoms with Crippen LogP contribution in [0, 0.1) is 5.92 Å². The van der Waals surface area contributed by atoms with E-state index in [9.17, 15) is 14.4 Å². The molecule has 0 saturated carbocycles. The minimum absolute atomic E-state index is 0. The third-order valence-corrected chi connectivity index (χ3v) is 5.76. The Morgan fingerprint density at radius 3 is 2.69 bits per heavy atom. The lowest BCUT2D eigenvalue weighted by molar-refractivity contribution is -0.136. The van der Waals surface area contributed by atoms with Gasteiger partial charge < -0.3 is 10.2 Å². The largest absolute Gasteiger partial charge is 0.322 e. The summed E-state index contributed by atoms with van der Waals surface area (Å²) >= 11 is 0. The normalized spacial score (nSPS) is 28.4. The lowest BCUT2D eigenvalue weighted by Gasteiger charge is -2.30. The van der Waals surface area contributed by atoms with Gasteiger partial charge in [-0.2, -0.15) is 0 Å². The summed E-state index contributed by atoms with van der Waals surface area (Å²) < 4.78 is 0. The molecule has 0 bridgehead atoms. The Morgan fingerprint density at radius 2 is 1.96 bits per heavy atom. The molecule has 3 heterocycles. The number of hydrogen-bond acceptors (Lipinski definition) is 4. The Kier molecular flexibility index (Phi) is 5.34. The van der Waals surface area contributed by atoms with Gasteiger partial charge in [-0.15, -0.1) is 12.4 Å². The number of carbonyl (C=O) groups is 3. The van der Waals surface area contributed by atoms with Gasteiger partial charge in [-0.25, -0.2) is 0 Å². The molecule has 2 fully saturated rings. The van der Waals surface area contributed by atoms with Gasteiger partial charge in [-0.05, 0) is 55.0 Å². The van der Waals surface area contributed by atoms with Crippen LogP contribution in [0.5, 0.6) is 0 Å². The fraction of sp³-hybridized carbons (Fsp3) is 0.526. The zero-order valence-electron chi connectivity index (χ0n) is 14.8. The zero-order chi connectivity index (χ0) is 17.6. The molecule has 2 saturated heterocycles. The third-order valence-electron chi connectivity index (χ3n) is 5.76. The van der Waals surface area contributed by atoms with Gasteiger partial charge in [0.05, 0.1) is 0 Å². The molecule has 2 N–H and O–H groups in total. The number of piperidine rings is 2. The highest BCUT2D eigenvalue weighted by Gasteiger charge is 2.39. The topological polar surface area (TPSA) is 78.5 Å². The van der Waals surface area contributed by atoms with Crippen molar-refractivity contribution in [2.24, 2.45) is 5.92 Å². The summed E-state index contributed by atoms with van der Waals surface area (Å²) in [5.41, 5.74) is 2.97. The van der Waals surface area contributed by atoms with Crippen molar-refractivity contribution in [2.75, 3.05) is 13.1 Å². The lowest BCUT2D eigenvalue weighted by Crippen LogP contribution is -2.52. The molecular weight excluding hydrogens is 354 g/mol. The molecule has 140 valence electrons. The van der Waals surface area contributed by atoms with Gasteiger partial charge in [-0.3, -0.25) is 19.7 Å². The molecule has 3 atom stereocenters. The molecule has 4 rings (SSSR count). The molecule has 3 aliphatic heterocycles. The molecule has 3 aliphatic rings. The van der Waals surface area contributed by atoms with Gasteiger partial charge in [0.15, 0.2) is 0 Å². The van der Waals surface area contributed by atoms with Crippen molar-refractivity contribution >= 4 is 30.1 Å². The van der Waals surface area contributed by atoms with Crippen molar-refractivity contribution in [3.63, 3.8) is 0 Å². The van der Waals surface area contributed by atoms with E-state index in [0.29, 0.717) is 30.4 Å². The van der Waals surface area contributed by atoms with Crippen LogP contribution in [0.15, 0.2) is 18.2 Å². The van der Waals surface area contributed by atoms with Gasteiger partial charge in [0.1, 0.15) is 6.04 Å². The van der Waals surface area contributed by atoms with Crippen molar-refractivity contribution in [3.05, 3.63) is 34.9 Å². The second-order valence-corrected chi connectivity index (χ2v) is 7.39. The maximum absolute atomic E-state index is 12.7. The Labute approximate surface area is 159 Å². The standard InChI is InChI=1S/C19H23N3O3.ClH/c1-11-9-20-7-6-14(11)12-2-3-15-13(8-12)10-22(19(15)25)16-4-5-17(23)21-18(16)24;/h2-3,8,11,14,16,20H,4-7,9-10H2,1H3,(H,21,23,24);1H. The number of carbonyl (C=O) groups excluding carboxylic acids is 3. The summed E-state index contributed by atoms with van der Waals surface area (Å²) in [5.74, 6) is 0.355. The van der Waals surface area contributed by atoms with Crippen LogP contribution in [-0.2, 0) is 16.1 Å². The molecule has 0 aliphatic carbocycles. The molecule has 26 heavy (non-hydrogen) atoms. The predicted octanol–water partition coefficient (Wildman–Crippen LogP) is 1.58. The molecule has 0 aromatic heterocycles. The summed E-state index contributed by atoms with van der Waals surface area (Å²) in [6, 6.07) is 5.58. The van der Waals surface area contributed by atoms with E-state index in [1.807, 2.05) is 6.07 Å². The minimum Gasteiger partial charge on any atom is -0.322 e. The van der Waals surface area contributed by atoms with E-state index in [0.717, 1.165) is 25.1 Å². The van der Waals surface area contributed by atoms with Gasteiger partial charge in [-0.1, -0.05) is 19.1 Å². The molecular formula is C19H24ClN3O3. The maximum atomic E-state index is 12.7. The first-order valence-electron chi connectivity index (χ1n) is 9.03. The maximum Gasteiger partial charge on any atom is 0.255 e. The average molecular weight is 378 g/mol. The number of fused-ring (bicyclic) bond motifs is 1. The number of nitrogens with zero attached hydrogens (tertiary/aromatic N) is 1. The molecule has 3 amide bonds. The third kappa shape index (κ3) is 3.23. The van der Waals surface area contributed by atoms with E-state index in [1.54, 1.807) is 4.90 Å². The van der Waals surface area contributed by atoms with Gasteiger partial charge in [0.2, 0.25) is 11.8 Å². The van der Waals surface area contributed by atoms with Crippen molar-refractivity contribution < 1.29 is 14.4 Å². The Morgan fingerprint density at radius 1 is 1.15 bits per heavy atom.